The van der Waals surface area contributed by atoms with Gasteiger partial charge in [0.05, 0.1) is 11.4 Å². The SMILES string of the molecule is CC(=O)N(c1nc(COC(=O)c2cccnc2N2CCCC2)cs1)c1ccccc1F. The second-order valence-corrected chi connectivity index (χ2v) is 7.91. The zero-order valence-electron chi connectivity index (χ0n) is 17.0. The fraction of sp³-hybridized carbons (Fsp3) is 0.273. The van der Waals surface area contributed by atoms with E-state index < -0.39 is 11.8 Å². The smallest absolute Gasteiger partial charge is 0.342 e. The van der Waals surface area contributed by atoms with Crippen LogP contribution < -0.4 is 9.80 Å². The summed E-state index contributed by atoms with van der Waals surface area (Å²) in [5, 5.41) is 1.99. The van der Waals surface area contributed by atoms with Crippen LogP contribution in [0.1, 0.15) is 35.8 Å². The summed E-state index contributed by atoms with van der Waals surface area (Å²) in [6.07, 6.45) is 3.80. The number of para-hydroxylation sites is 1. The second kappa shape index (κ2) is 9.22. The Bertz CT molecular complexity index is 1100. The minimum Gasteiger partial charge on any atom is -0.455 e. The molecule has 2 aromatic heterocycles. The van der Waals surface area contributed by atoms with Crippen molar-refractivity contribution in [3.8, 4) is 0 Å². The summed E-state index contributed by atoms with van der Waals surface area (Å²) in [6, 6.07) is 9.41. The van der Waals surface area contributed by atoms with Gasteiger partial charge in [0, 0.05) is 31.6 Å². The Hall–Kier alpha value is -3.33. The van der Waals surface area contributed by atoms with Crippen LogP contribution in [-0.2, 0) is 16.1 Å². The van der Waals surface area contributed by atoms with Crippen LogP contribution in [0, 0.1) is 5.82 Å². The zero-order chi connectivity index (χ0) is 21.8. The molecule has 160 valence electrons. The number of carbonyl (C=O) groups excluding carboxylic acids is 2. The lowest BCUT2D eigenvalue weighted by Gasteiger charge is -2.19. The van der Waals surface area contributed by atoms with Crippen LogP contribution in [0.2, 0.25) is 0 Å². The lowest BCUT2D eigenvalue weighted by atomic mass is 10.2. The molecular weight excluding hydrogens is 419 g/mol. The molecule has 1 amide bonds. The number of nitrogens with zero attached hydrogens (tertiary/aromatic N) is 4. The molecule has 1 aromatic carbocycles. The van der Waals surface area contributed by atoms with E-state index in [-0.39, 0.29) is 18.2 Å². The molecule has 1 saturated heterocycles. The number of esters is 1. The summed E-state index contributed by atoms with van der Waals surface area (Å²) in [7, 11) is 0. The highest BCUT2D eigenvalue weighted by Gasteiger charge is 2.23. The standard InChI is InChI=1S/C22H21FN4O3S/c1-15(28)27(19-9-3-2-8-18(19)23)22-25-16(14-31-22)13-30-21(29)17-7-6-10-24-20(17)26-11-4-5-12-26/h2-3,6-10,14H,4-5,11-13H2,1H3. The number of hydrogen-bond donors (Lipinski definition) is 0. The minimum absolute atomic E-state index is 0.0628. The molecule has 4 rings (SSSR count). The Labute approximate surface area is 183 Å². The van der Waals surface area contributed by atoms with Crippen molar-refractivity contribution < 1.29 is 18.7 Å². The first kappa shape index (κ1) is 20.9. The zero-order valence-corrected chi connectivity index (χ0v) is 17.8. The third-order valence-corrected chi connectivity index (χ3v) is 5.78. The molecule has 7 nitrogen and oxygen atoms in total. The second-order valence-electron chi connectivity index (χ2n) is 7.07. The molecule has 0 spiro atoms. The summed E-state index contributed by atoms with van der Waals surface area (Å²) >= 11 is 1.18. The van der Waals surface area contributed by atoms with E-state index in [1.807, 2.05) is 0 Å². The van der Waals surface area contributed by atoms with Crippen molar-refractivity contribution in [3.05, 3.63) is 65.0 Å². The average molecular weight is 441 g/mol. The minimum atomic E-state index is -0.521. The van der Waals surface area contributed by atoms with Gasteiger partial charge in [-0.3, -0.25) is 9.69 Å². The molecule has 0 atom stereocenters. The first-order valence-corrected chi connectivity index (χ1v) is 10.8. The van der Waals surface area contributed by atoms with Gasteiger partial charge in [-0.1, -0.05) is 12.1 Å². The Morgan fingerprint density at radius 3 is 2.71 bits per heavy atom. The van der Waals surface area contributed by atoms with Crippen molar-refractivity contribution in [2.45, 2.75) is 26.4 Å². The lowest BCUT2D eigenvalue weighted by Crippen LogP contribution is -2.23. The molecule has 1 aliphatic rings. The topological polar surface area (TPSA) is 75.6 Å². The fourth-order valence-electron chi connectivity index (χ4n) is 3.46. The Kier molecular flexibility index (Phi) is 6.22. The van der Waals surface area contributed by atoms with Crippen LogP contribution >= 0.6 is 11.3 Å². The predicted octanol–water partition coefficient (Wildman–Crippen LogP) is 4.32. The van der Waals surface area contributed by atoms with Crippen molar-refractivity contribution in [3.63, 3.8) is 0 Å². The number of carbonyl (C=O) groups is 2. The maximum absolute atomic E-state index is 14.2. The Morgan fingerprint density at radius 2 is 1.97 bits per heavy atom. The highest BCUT2D eigenvalue weighted by molar-refractivity contribution is 7.14. The van der Waals surface area contributed by atoms with Gasteiger partial charge < -0.3 is 9.64 Å². The summed E-state index contributed by atoms with van der Waals surface area (Å²) in [6.45, 7) is 3.01. The molecular formula is C22H21FN4O3S. The number of thiazole rings is 1. The van der Waals surface area contributed by atoms with Gasteiger partial charge in [-0.2, -0.15) is 0 Å². The molecule has 0 radical (unpaired) electrons. The van der Waals surface area contributed by atoms with Crippen molar-refractivity contribution in [1.29, 1.82) is 0 Å². The van der Waals surface area contributed by atoms with Gasteiger partial charge in [0.25, 0.3) is 0 Å². The number of benzene rings is 1. The third kappa shape index (κ3) is 4.56. The molecule has 0 bridgehead atoms. The molecule has 1 fully saturated rings. The molecule has 9 heteroatoms. The molecule has 0 saturated carbocycles. The van der Waals surface area contributed by atoms with Gasteiger partial charge in [-0.15, -0.1) is 11.3 Å². The van der Waals surface area contributed by atoms with Crippen LogP contribution in [0.3, 0.4) is 0 Å². The van der Waals surface area contributed by atoms with Crippen LogP contribution in [-0.4, -0.2) is 34.9 Å². The first-order valence-electron chi connectivity index (χ1n) is 9.91. The summed E-state index contributed by atoms with van der Waals surface area (Å²) in [4.78, 5) is 36.8. The van der Waals surface area contributed by atoms with Crippen LogP contribution in [0.15, 0.2) is 48.0 Å². The van der Waals surface area contributed by atoms with Crippen molar-refractivity contribution in [1.82, 2.24) is 9.97 Å². The normalized spacial score (nSPS) is 13.3. The van der Waals surface area contributed by atoms with Gasteiger partial charge in [-0.25, -0.2) is 19.2 Å². The van der Waals surface area contributed by atoms with E-state index in [2.05, 4.69) is 14.9 Å². The number of halogens is 1. The fourth-order valence-corrected chi connectivity index (χ4v) is 4.32. The molecule has 1 aliphatic heterocycles. The van der Waals surface area contributed by atoms with E-state index >= 15 is 0 Å². The van der Waals surface area contributed by atoms with Crippen LogP contribution in [0.4, 0.5) is 21.0 Å². The van der Waals surface area contributed by atoms with Crippen molar-refractivity contribution in [2.24, 2.45) is 0 Å². The van der Waals surface area contributed by atoms with Gasteiger partial charge in [0.2, 0.25) is 5.91 Å². The van der Waals surface area contributed by atoms with Crippen molar-refractivity contribution >= 4 is 39.9 Å². The Morgan fingerprint density at radius 1 is 1.19 bits per heavy atom. The van der Waals surface area contributed by atoms with E-state index in [1.165, 1.54) is 35.3 Å². The maximum atomic E-state index is 14.2. The number of ether oxygens (including phenoxy) is 1. The number of anilines is 3. The lowest BCUT2D eigenvalue weighted by molar-refractivity contribution is -0.115. The average Bonchev–Trinajstić information content (AvgIpc) is 3.46. The molecule has 0 unspecified atom stereocenters. The van der Waals surface area contributed by atoms with E-state index in [0.717, 1.165) is 25.9 Å². The number of hydrogen-bond acceptors (Lipinski definition) is 7. The van der Waals surface area contributed by atoms with Crippen LogP contribution in [0.5, 0.6) is 0 Å². The molecule has 3 aromatic rings. The number of aromatic nitrogens is 2. The summed E-state index contributed by atoms with van der Waals surface area (Å²) in [5.41, 5.74) is 1.01. The first-order chi connectivity index (χ1) is 15.0. The van der Waals surface area contributed by atoms with E-state index in [1.54, 1.807) is 35.8 Å². The largest absolute Gasteiger partial charge is 0.455 e. The van der Waals surface area contributed by atoms with E-state index in [0.29, 0.717) is 22.2 Å². The molecule has 3 heterocycles. The summed E-state index contributed by atoms with van der Waals surface area (Å²) in [5.74, 6) is -0.742. The van der Waals surface area contributed by atoms with Gasteiger partial charge in [0.1, 0.15) is 23.8 Å². The van der Waals surface area contributed by atoms with E-state index in [9.17, 15) is 14.0 Å². The number of amides is 1. The number of rotatable bonds is 6. The number of pyridine rings is 1. The molecule has 0 aliphatic carbocycles. The Balaban J connectivity index is 1.48. The quantitative estimate of drug-likeness (QED) is 0.532. The van der Waals surface area contributed by atoms with Gasteiger partial charge in [-0.05, 0) is 37.1 Å². The third-order valence-electron chi connectivity index (χ3n) is 4.90. The van der Waals surface area contributed by atoms with Crippen molar-refractivity contribution in [2.75, 3.05) is 22.9 Å². The predicted molar refractivity (Wildman–Crippen MR) is 116 cm³/mol. The maximum Gasteiger partial charge on any atom is 0.342 e. The van der Waals surface area contributed by atoms with Crippen LogP contribution in [0.25, 0.3) is 0 Å². The highest BCUT2D eigenvalue weighted by atomic mass is 32.1. The van der Waals surface area contributed by atoms with Gasteiger partial charge in [0.15, 0.2) is 5.13 Å². The monoisotopic (exact) mass is 440 g/mol. The molecule has 0 N–H and O–H groups in total. The van der Waals surface area contributed by atoms with E-state index in [4.69, 9.17) is 4.74 Å². The summed E-state index contributed by atoms with van der Waals surface area (Å²) < 4.78 is 19.7. The van der Waals surface area contributed by atoms with Gasteiger partial charge >= 0.3 is 5.97 Å². The highest BCUT2D eigenvalue weighted by Crippen LogP contribution is 2.31. The molecule has 31 heavy (non-hydrogen) atoms.